The van der Waals surface area contributed by atoms with Crippen molar-refractivity contribution in [2.24, 2.45) is 5.10 Å². The lowest BCUT2D eigenvalue weighted by Gasteiger charge is -2.05. The molecule has 0 amide bonds. The SMILES string of the molecule is Cc1[nH]c2ccccc2c1/C=N/Nc1c(F)c(F)cc(F)c1F. The molecule has 0 aliphatic carbocycles. The quantitative estimate of drug-likeness (QED) is 0.317. The summed E-state index contributed by atoms with van der Waals surface area (Å²) in [6, 6.07) is 7.56. The maximum atomic E-state index is 13.5. The summed E-state index contributed by atoms with van der Waals surface area (Å²) in [5.41, 5.74) is 3.41. The van der Waals surface area contributed by atoms with Crippen LogP contribution in [0.4, 0.5) is 23.2 Å². The Morgan fingerprint density at radius 1 is 1.04 bits per heavy atom. The van der Waals surface area contributed by atoms with E-state index in [1.807, 2.05) is 36.6 Å². The van der Waals surface area contributed by atoms with Crippen LogP contribution in [0.25, 0.3) is 10.9 Å². The molecule has 0 saturated heterocycles. The number of hydrazone groups is 1. The highest BCUT2D eigenvalue weighted by molar-refractivity contribution is 6.00. The van der Waals surface area contributed by atoms with Gasteiger partial charge in [-0.05, 0) is 13.0 Å². The molecule has 1 heterocycles. The van der Waals surface area contributed by atoms with Crippen LogP contribution in [0, 0.1) is 30.2 Å². The van der Waals surface area contributed by atoms with Gasteiger partial charge in [-0.25, -0.2) is 17.6 Å². The van der Waals surface area contributed by atoms with Crippen molar-refractivity contribution in [1.82, 2.24) is 4.98 Å². The lowest BCUT2D eigenvalue weighted by atomic mass is 10.1. The molecule has 23 heavy (non-hydrogen) atoms. The number of nitrogens with one attached hydrogen (secondary N) is 2. The van der Waals surface area contributed by atoms with Crippen molar-refractivity contribution in [1.29, 1.82) is 0 Å². The molecule has 2 aromatic carbocycles. The molecular formula is C16H11F4N3. The zero-order chi connectivity index (χ0) is 16.6. The topological polar surface area (TPSA) is 40.2 Å². The summed E-state index contributed by atoms with van der Waals surface area (Å²) in [4.78, 5) is 3.13. The van der Waals surface area contributed by atoms with Gasteiger partial charge in [0.05, 0.1) is 6.21 Å². The van der Waals surface area contributed by atoms with Gasteiger partial charge in [-0.15, -0.1) is 0 Å². The van der Waals surface area contributed by atoms with Gasteiger partial charge in [-0.2, -0.15) is 5.10 Å². The number of fused-ring (bicyclic) bond motifs is 1. The van der Waals surface area contributed by atoms with Gasteiger partial charge in [0, 0.05) is 28.2 Å². The third kappa shape index (κ3) is 2.65. The summed E-state index contributed by atoms with van der Waals surface area (Å²) < 4.78 is 53.3. The number of para-hydroxylation sites is 1. The van der Waals surface area contributed by atoms with E-state index in [4.69, 9.17) is 0 Å². The van der Waals surface area contributed by atoms with Crippen molar-refractivity contribution in [3.8, 4) is 0 Å². The zero-order valence-electron chi connectivity index (χ0n) is 11.9. The van der Waals surface area contributed by atoms with Crippen molar-refractivity contribution >= 4 is 22.8 Å². The number of nitrogens with zero attached hydrogens (tertiary/aromatic N) is 1. The third-order valence-corrected chi connectivity index (χ3v) is 3.43. The Hall–Kier alpha value is -2.83. The van der Waals surface area contributed by atoms with E-state index in [0.29, 0.717) is 5.56 Å². The Labute approximate surface area is 128 Å². The van der Waals surface area contributed by atoms with E-state index in [2.05, 4.69) is 10.1 Å². The summed E-state index contributed by atoms with van der Waals surface area (Å²) in [6.45, 7) is 1.81. The number of rotatable bonds is 3. The second kappa shape index (κ2) is 5.75. The lowest BCUT2D eigenvalue weighted by molar-refractivity contribution is 0.458. The minimum absolute atomic E-state index is 0.142. The van der Waals surface area contributed by atoms with Crippen LogP contribution < -0.4 is 5.43 Å². The van der Waals surface area contributed by atoms with Gasteiger partial charge in [-0.1, -0.05) is 18.2 Å². The van der Waals surface area contributed by atoms with Crippen LogP contribution in [-0.4, -0.2) is 11.2 Å². The normalized spacial score (nSPS) is 11.5. The summed E-state index contributed by atoms with van der Waals surface area (Å²) >= 11 is 0. The van der Waals surface area contributed by atoms with Crippen LogP contribution in [-0.2, 0) is 0 Å². The van der Waals surface area contributed by atoms with Crippen LogP contribution >= 0.6 is 0 Å². The monoisotopic (exact) mass is 321 g/mol. The molecule has 118 valence electrons. The number of benzene rings is 2. The van der Waals surface area contributed by atoms with Crippen LogP contribution in [0.1, 0.15) is 11.3 Å². The molecule has 3 nitrogen and oxygen atoms in total. The molecule has 3 rings (SSSR count). The van der Waals surface area contributed by atoms with E-state index in [1.54, 1.807) is 0 Å². The summed E-state index contributed by atoms with van der Waals surface area (Å²) in [6.07, 6.45) is 1.33. The molecule has 0 bridgehead atoms. The third-order valence-electron chi connectivity index (χ3n) is 3.43. The van der Waals surface area contributed by atoms with E-state index in [9.17, 15) is 17.6 Å². The number of aryl methyl sites for hydroxylation is 1. The van der Waals surface area contributed by atoms with Gasteiger partial charge >= 0.3 is 0 Å². The van der Waals surface area contributed by atoms with E-state index in [1.165, 1.54) is 6.21 Å². The average Bonchev–Trinajstić information content (AvgIpc) is 2.84. The minimum atomic E-state index is -1.53. The molecule has 0 spiro atoms. The molecule has 0 saturated carbocycles. The smallest absolute Gasteiger partial charge is 0.186 e. The molecular weight excluding hydrogens is 310 g/mol. The van der Waals surface area contributed by atoms with Crippen molar-refractivity contribution in [2.45, 2.75) is 6.92 Å². The van der Waals surface area contributed by atoms with Crippen molar-refractivity contribution < 1.29 is 17.6 Å². The second-order valence-electron chi connectivity index (χ2n) is 4.92. The Kier molecular flexibility index (Phi) is 3.77. The molecule has 0 fully saturated rings. The molecule has 1 aromatic heterocycles. The molecule has 0 atom stereocenters. The molecule has 0 unspecified atom stereocenters. The first-order chi connectivity index (χ1) is 11.0. The molecule has 7 heteroatoms. The number of anilines is 1. The molecule has 2 N–H and O–H groups in total. The maximum Gasteiger partial charge on any atom is 0.186 e. The van der Waals surface area contributed by atoms with Gasteiger partial charge in [0.25, 0.3) is 0 Å². The average molecular weight is 321 g/mol. The van der Waals surface area contributed by atoms with Crippen molar-refractivity contribution in [3.63, 3.8) is 0 Å². The zero-order valence-corrected chi connectivity index (χ0v) is 11.9. The van der Waals surface area contributed by atoms with Gasteiger partial charge in [-0.3, -0.25) is 5.43 Å². The maximum absolute atomic E-state index is 13.5. The van der Waals surface area contributed by atoms with Gasteiger partial charge in [0.15, 0.2) is 23.3 Å². The Morgan fingerprint density at radius 3 is 2.39 bits per heavy atom. The molecule has 0 aliphatic heterocycles. The highest BCUT2D eigenvalue weighted by Crippen LogP contribution is 2.24. The first-order valence-corrected chi connectivity index (χ1v) is 6.68. The molecule has 3 aromatic rings. The summed E-state index contributed by atoms with van der Waals surface area (Å²) in [7, 11) is 0. The minimum Gasteiger partial charge on any atom is -0.358 e. The fraction of sp³-hybridized carbons (Fsp3) is 0.0625. The lowest BCUT2D eigenvalue weighted by Crippen LogP contribution is -2.02. The number of H-pyrrole nitrogens is 1. The molecule has 0 radical (unpaired) electrons. The van der Waals surface area contributed by atoms with Crippen LogP contribution in [0.5, 0.6) is 0 Å². The standard InChI is InChI=1S/C16H11F4N3/c1-8-10(9-4-2-3-5-13(9)22-8)7-21-23-16-14(19)11(17)6-12(18)15(16)20/h2-7,22-23H,1H3/b21-7+. The fourth-order valence-electron chi connectivity index (χ4n) is 2.30. The first-order valence-electron chi connectivity index (χ1n) is 6.68. The van der Waals surface area contributed by atoms with Crippen molar-refractivity contribution in [2.75, 3.05) is 5.43 Å². The number of aromatic nitrogens is 1. The van der Waals surface area contributed by atoms with E-state index in [0.717, 1.165) is 16.6 Å². The predicted molar refractivity (Wildman–Crippen MR) is 80.5 cm³/mol. The highest BCUT2D eigenvalue weighted by Gasteiger charge is 2.18. The number of hydrogen-bond donors (Lipinski definition) is 2. The highest BCUT2D eigenvalue weighted by atomic mass is 19.2. The number of halogens is 4. The number of hydrogen-bond acceptors (Lipinski definition) is 2. The number of aromatic amines is 1. The van der Waals surface area contributed by atoms with Gasteiger partial charge in [0.1, 0.15) is 5.69 Å². The fourth-order valence-corrected chi connectivity index (χ4v) is 2.30. The van der Waals surface area contributed by atoms with E-state index >= 15 is 0 Å². The summed E-state index contributed by atoms with van der Waals surface area (Å²) in [5, 5.41) is 4.55. The van der Waals surface area contributed by atoms with E-state index < -0.39 is 29.0 Å². The first kappa shape index (κ1) is 15.1. The predicted octanol–water partition coefficient (Wildman–Crippen LogP) is 4.48. The Balaban J connectivity index is 1.94. The largest absolute Gasteiger partial charge is 0.358 e. The van der Waals surface area contributed by atoms with Gasteiger partial charge < -0.3 is 4.98 Å². The van der Waals surface area contributed by atoms with Crippen molar-refractivity contribution in [3.05, 3.63) is 64.9 Å². The molecule has 0 aliphatic rings. The van der Waals surface area contributed by atoms with Gasteiger partial charge in [0.2, 0.25) is 0 Å². The summed E-state index contributed by atoms with van der Waals surface area (Å²) in [5.74, 6) is -6.05. The second-order valence-corrected chi connectivity index (χ2v) is 4.92. The van der Waals surface area contributed by atoms with Crippen LogP contribution in [0.15, 0.2) is 35.4 Å². The Bertz CT molecular complexity index is 889. The Morgan fingerprint density at radius 2 is 1.70 bits per heavy atom. The van der Waals surface area contributed by atoms with Crippen LogP contribution in [0.3, 0.4) is 0 Å². The van der Waals surface area contributed by atoms with Crippen LogP contribution in [0.2, 0.25) is 0 Å². The van der Waals surface area contributed by atoms with E-state index in [-0.39, 0.29) is 6.07 Å².